The van der Waals surface area contributed by atoms with Crippen LogP contribution in [0.25, 0.3) is 5.57 Å². The van der Waals surface area contributed by atoms with Crippen LogP contribution in [0.2, 0.25) is 5.02 Å². The van der Waals surface area contributed by atoms with E-state index in [0.717, 1.165) is 5.69 Å². The fourth-order valence-corrected chi connectivity index (χ4v) is 1.95. The van der Waals surface area contributed by atoms with Gasteiger partial charge in [0, 0.05) is 24.0 Å². The molecule has 2 aromatic rings. The molecule has 1 aromatic carbocycles. The molecular weight excluding hydrogens is 303 g/mol. The number of hydrogen-bond donors (Lipinski definition) is 1. The third kappa shape index (κ3) is 3.99. The molecule has 1 heterocycles. The molecule has 0 spiro atoms. The molecule has 2 rings (SSSR count). The molecule has 0 aliphatic heterocycles. The molecule has 0 saturated carbocycles. The number of nitrogens with zero attached hydrogens (tertiary/aromatic N) is 3. The summed E-state index contributed by atoms with van der Waals surface area (Å²) in [5.74, 6) is -0.286. The molecule has 0 saturated heterocycles. The van der Waals surface area contributed by atoms with E-state index in [1.54, 1.807) is 24.3 Å². The highest BCUT2D eigenvalue weighted by Crippen LogP contribution is 2.20. The number of aliphatic imine (C=N–C) groups is 1. The maximum Gasteiger partial charge on any atom is 0.227 e. The molecule has 0 amide bonds. The van der Waals surface area contributed by atoms with E-state index in [-0.39, 0.29) is 5.57 Å². The molecule has 0 aliphatic rings. The number of rotatable bonds is 5. The summed E-state index contributed by atoms with van der Waals surface area (Å²) in [5, 5.41) is 3.61. The Morgan fingerprint density at radius 2 is 2.23 bits per heavy atom. The highest BCUT2D eigenvalue weighted by molar-refractivity contribution is 6.30. The number of allylic oxidation sites excluding steroid dienone is 3. The summed E-state index contributed by atoms with van der Waals surface area (Å²) in [4.78, 5) is 11.9. The van der Waals surface area contributed by atoms with Crippen molar-refractivity contribution in [2.75, 3.05) is 12.4 Å². The summed E-state index contributed by atoms with van der Waals surface area (Å²) in [5.41, 5.74) is 1.39. The average molecular weight is 317 g/mol. The fraction of sp³-hybridized carbons (Fsp3) is 0.0625. The van der Waals surface area contributed by atoms with Crippen LogP contribution in [-0.2, 0) is 0 Å². The van der Waals surface area contributed by atoms with Crippen molar-refractivity contribution in [3.8, 4) is 0 Å². The molecule has 0 bridgehead atoms. The van der Waals surface area contributed by atoms with Gasteiger partial charge < -0.3 is 5.32 Å². The van der Waals surface area contributed by atoms with E-state index in [0.29, 0.717) is 16.7 Å². The third-order valence-corrected chi connectivity index (χ3v) is 2.95. The van der Waals surface area contributed by atoms with Crippen molar-refractivity contribution in [1.29, 1.82) is 0 Å². The van der Waals surface area contributed by atoms with Crippen molar-refractivity contribution in [3.63, 3.8) is 0 Å². The van der Waals surface area contributed by atoms with E-state index in [4.69, 9.17) is 11.6 Å². The minimum absolute atomic E-state index is 0.244. The van der Waals surface area contributed by atoms with Gasteiger partial charge in [0.25, 0.3) is 0 Å². The topological polar surface area (TPSA) is 50.2 Å². The Bertz CT molecular complexity index is 740. The van der Waals surface area contributed by atoms with Crippen molar-refractivity contribution >= 4 is 34.8 Å². The minimum atomic E-state index is -0.618. The van der Waals surface area contributed by atoms with Crippen LogP contribution in [0.5, 0.6) is 0 Å². The molecule has 0 unspecified atom stereocenters. The van der Waals surface area contributed by atoms with Crippen LogP contribution in [0.3, 0.4) is 0 Å². The highest BCUT2D eigenvalue weighted by atomic mass is 35.5. The molecule has 0 radical (unpaired) electrons. The number of anilines is 2. The van der Waals surface area contributed by atoms with E-state index < -0.39 is 5.97 Å². The zero-order chi connectivity index (χ0) is 15.9. The van der Waals surface area contributed by atoms with Crippen molar-refractivity contribution < 1.29 is 4.39 Å². The van der Waals surface area contributed by atoms with E-state index in [1.165, 1.54) is 25.4 Å². The summed E-state index contributed by atoms with van der Waals surface area (Å²) in [6.07, 6.45) is 4.52. The van der Waals surface area contributed by atoms with Gasteiger partial charge in [-0.2, -0.15) is 4.39 Å². The summed E-state index contributed by atoms with van der Waals surface area (Å²) in [6.45, 7) is 3.57. The molecule has 1 aromatic heterocycles. The zero-order valence-corrected chi connectivity index (χ0v) is 12.7. The molecule has 6 heteroatoms. The Hall–Kier alpha value is -2.53. The average Bonchev–Trinajstić information content (AvgIpc) is 2.52. The Labute approximate surface area is 133 Å². The monoisotopic (exact) mass is 316 g/mol. The fourth-order valence-electron chi connectivity index (χ4n) is 1.76. The molecule has 0 fully saturated rings. The molecule has 22 heavy (non-hydrogen) atoms. The van der Waals surface area contributed by atoms with Crippen LogP contribution in [0, 0.1) is 0 Å². The van der Waals surface area contributed by atoms with Gasteiger partial charge in [0.1, 0.15) is 0 Å². The molecular formula is C16H14ClFN4. The Morgan fingerprint density at radius 3 is 2.91 bits per heavy atom. The van der Waals surface area contributed by atoms with Crippen molar-refractivity contribution in [2.45, 2.75) is 0 Å². The van der Waals surface area contributed by atoms with Gasteiger partial charge in [-0.3, -0.25) is 4.99 Å². The normalized spacial score (nSPS) is 12.1. The molecule has 0 aliphatic carbocycles. The predicted octanol–water partition coefficient (Wildman–Crippen LogP) is 4.44. The molecule has 4 nitrogen and oxygen atoms in total. The lowest BCUT2D eigenvalue weighted by atomic mass is 10.1. The van der Waals surface area contributed by atoms with Crippen LogP contribution >= 0.6 is 11.6 Å². The second kappa shape index (κ2) is 7.47. The first-order valence-electron chi connectivity index (χ1n) is 6.45. The van der Waals surface area contributed by atoms with Gasteiger partial charge in [-0.1, -0.05) is 30.3 Å². The maximum atomic E-state index is 13.8. The quantitative estimate of drug-likeness (QED) is 0.655. The van der Waals surface area contributed by atoms with Gasteiger partial charge in [-0.25, -0.2) is 9.97 Å². The van der Waals surface area contributed by atoms with Crippen molar-refractivity contribution in [2.24, 2.45) is 4.99 Å². The van der Waals surface area contributed by atoms with E-state index in [1.807, 2.05) is 6.07 Å². The number of benzene rings is 1. The van der Waals surface area contributed by atoms with Gasteiger partial charge in [0.15, 0.2) is 0 Å². The third-order valence-electron chi connectivity index (χ3n) is 2.72. The standard InChI is InChI=1S/C16H14ClFN4/c1-3-5-13(15(18)19-2)14-8-9-20-16(22-14)21-12-7-4-6-11(17)10-12/h3-10H,1H2,2H3,(H,20,21,22). The SMILES string of the molecule is C=CC=C(C(F)=NC)c1ccnc(Nc2cccc(Cl)c2)n1. The summed E-state index contributed by atoms with van der Waals surface area (Å²) in [6, 6.07) is 8.74. The number of aromatic nitrogens is 2. The van der Waals surface area contributed by atoms with Gasteiger partial charge in [0.05, 0.1) is 11.3 Å². The van der Waals surface area contributed by atoms with Crippen molar-refractivity contribution in [3.05, 3.63) is 66.0 Å². The lowest BCUT2D eigenvalue weighted by Crippen LogP contribution is -2.02. The smallest absolute Gasteiger partial charge is 0.227 e. The summed E-state index contributed by atoms with van der Waals surface area (Å²) in [7, 11) is 1.37. The number of hydrogen-bond acceptors (Lipinski definition) is 4. The maximum absolute atomic E-state index is 13.8. The number of nitrogens with one attached hydrogen (secondary N) is 1. The summed E-state index contributed by atoms with van der Waals surface area (Å²) < 4.78 is 13.8. The predicted molar refractivity (Wildman–Crippen MR) is 89.4 cm³/mol. The van der Waals surface area contributed by atoms with Crippen LogP contribution in [0.4, 0.5) is 16.0 Å². The highest BCUT2D eigenvalue weighted by Gasteiger charge is 2.11. The number of halogens is 2. The first-order chi connectivity index (χ1) is 10.6. The molecule has 0 atom stereocenters. The van der Waals surface area contributed by atoms with Gasteiger partial charge in [-0.15, -0.1) is 0 Å². The second-order valence-corrected chi connectivity index (χ2v) is 4.67. The van der Waals surface area contributed by atoms with Crippen LogP contribution in [0.15, 0.2) is 60.3 Å². The van der Waals surface area contributed by atoms with Crippen LogP contribution in [0.1, 0.15) is 5.69 Å². The van der Waals surface area contributed by atoms with Crippen molar-refractivity contribution in [1.82, 2.24) is 9.97 Å². The Kier molecular flexibility index (Phi) is 5.38. The summed E-state index contributed by atoms with van der Waals surface area (Å²) >= 11 is 5.93. The molecule has 1 N–H and O–H groups in total. The first kappa shape index (κ1) is 15.9. The van der Waals surface area contributed by atoms with Gasteiger partial charge >= 0.3 is 0 Å². The van der Waals surface area contributed by atoms with E-state index in [2.05, 4.69) is 26.9 Å². The van der Waals surface area contributed by atoms with Crippen LogP contribution in [-0.4, -0.2) is 23.0 Å². The lowest BCUT2D eigenvalue weighted by Gasteiger charge is -2.07. The minimum Gasteiger partial charge on any atom is -0.324 e. The lowest BCUT2D eigenvalue weighted by molar-refractivity contribution is 0.812. The molecule has 112 valence electrons. The van der Waals surface area contributed by atoms with E-state index in [9.17, 15) is 4.39 Å². The second-order valence-electron chi connectivity index (χ2n) is 4.23. The largest absolute Gasteiger partial charge is 0.324 e. The van der Waals surface area contributed by atoms with Crippen LogP contribution < -0.4 is 5.32 Å². The van der Waals surface area contributed by atoms with Gasteiger partial charge in [-0.05, 0) is 30.3 Å². The van der Waals surface area contributed by atoms with E-state index >= 15 is 0 Å². The van der Waals surface area contributed by atoms with Gasteiger partial charge in [0.2, 0.25) is 11.9 Å². The first-order valence-corrected chi connectivity index (χ1v) is 6.83. The Morgan fingerprint density at radius 1 is 1.41 bits per heavy atom. The Balaban J connectivity index is 2.33. The zero-order valence-electron chi connectivity index (χ0n) is 11.9.